The maximum absolute atomic E-state index is 12.4. The first kappa shape index (κ1) is 18.8. The van der Waals surface area contributed by atoms with Crippen LogP contribution in [0.5, 0.6) is 5.75 Å². The van der Waals surface area contributed by atoms with E-state index < -0.39 is 10.8 Å². The number of rotatable bonds is 7. The molecule has 0 unspecified atom stereocenters. The Morgan fingerprint density at radius 2 is 1.46 bits per heavy atom. The SMILES string of the molecule is O=C(COc1ccccc1[N+](=O)[O-])Nc1ccc(C(=O)c2ccccc2)cc1. The van der Waals surface area contributed by atoms with Gasteiger partial charge in [0.05, 0.1) is 4.92 Å². The number of carbonyl (C=O) groups excluding carboxylic acids is 2. The van der Waals surface area contributed by atoms with Crippen molar-refractivity contribution in [2.24, 2.45) is 0 Å². The average Bonchev–Trinajstić information content (AvgIpc) is 2.73. The van der Waals surface area contributed by atoms with Crippen LogP contribution < -0.4 is 10.1 Å². The molecule has 0 aliphatic carbocycles. The highest BCUT2D eigenvalue weighted by Gasteiger charge is 2.15. The molecule has 0 saturated heterocycles. The summed E-state index contributed by atoms with van der Waals surface area (Å²) < 4.78 is 5.24. The van der Waals surface area contributed by atoms with Crippen LogP contribution in [0.3, 0.4) is 0 Å². The minimum Gasteiger partial charge on any atom is -0.477 e. The first-order valence-corrected chi connectivity index (χ1v) is 8.40. The summed E-state index contributed by atoms with van der Waals surface area (Å²) in [5, 5.41) is 13.6. The first-order chi connectivity index (χ1) is 13.5. The lowest BCUT2D eigenvalue weighted by molar-refractivity contribution is -0.385. The summed E-state index contributed by atoms with van der Waals surface area (Å²) in [6, 6.07) is 21.2. The zero-order valence-electron chi connectivity index (χ0n) is 14.7. The number of nitro benzene ring substituents is 1. The lowest BCUT2D eigenvalue weighted by Gasteiger charge is -2.08. The van der Waals surface area contributed by atoms with Crippen LogP contribution in [0, 0.1) is 10.1 Å². The van der Waals surface area contributed by atoms with E-state index in [4.69, 9.17) is 4.74 Å². The van der Waals surface area contributed by atoms with Crippen molar-refractivity contribution in [2.45, 2.75) is 0 Å². The molecule has 28 heavy (non-hydrogen) atoms. The fraction of sp³-hybridized carbons (Fsp3) is 0.0476. The van der Waals surface area contributed by atoms with Crippen molar-refractivity contribution in [3.05, 3.63) is 100 Å². The van der Waals surface area contributed by atoms with Crippen molar-refractivity contribution in [3.8, 4) is 5.75 Å². The smallest absolute Gasteiger partial charge is 0.310 e. The molecular formula is C21H16N2O5. The van der Waals surface area contributed by atoms with Crippen LogP contribution in [0.1, 0.15) is 15.9 Å². The van der Waals surface area contributed by atoms with Crippen LogP contribution in [0.25, 0.3) is 0 Å². The molecule has 0 radical (unpaired) electrons. The number of anilines is 1. The number of nitrogens with one attached hydrogen (secondary N) is 1. The Balaban J connectivity index is 1.59. The van der Waals surface area contributed by atoms with E-state index in [1.165, 1.54) is 18.2 Å². The zero-order chi connectivity index (χ0) is 19.9. The van der Waals surface area contributed by atoms with Gasteiger partial charge in [-0.15, -0.1) is 0 Å². The highest BCUT2D eigenvalue weighted by Crippen LogP contribution is 2.25. The number of ketones is 1. The maximum atomic E-state index is 12.4. The van der Waals surface area contributed by atoms with Crippen LogP contribution >= 0.6 is 0 Å². The number of nitro groups is 1. The predicted molar refractivity (Wildman–Crippen MR) is 104 cm³/mol. The fourth-order valence-corrected chi connectivity index (χ4v) is 2.53. The van der Waals surface area contributed by atoms with E-state index in [0.29, 0.717) is 16.8 Å². The van der Waals surface area contributed by atoms with Gasteiger partial charge in [-0.25, -0.2) is 0 Å². The Morgan fingerprint density at radius 3 is 2.14 bits per heavy atom. The lowest BCUT2D eigenvalue weighted by atomic mass is 10.0. The van der Waals surface area contributed by atoms with Crippen LogP contribution in [0.4, 0.5) is 11.4 Å². The molecule has 0 fully saturated rings. The van der Waals surface area contributed by atoms with Crippen molar-refractivity contribution >= 4 is 23.1 Å². The molecule has 7 nitrogen and oxygen atoms in total. The van der Waals surface area contributed by atoms with Gasteiger partial charge in [0.2, 0.25) is 0 Å². The second-order valence-electron chi connectivity index (χ2n) is 5.83. The summed E-state index contributed by atoms with van der Waals surface area (Å²) >= 11 is 0. The van der Waals surface area contributed by atoms with E-state index >= 15 is 0 Å². The van der Waals surface area contributed by atoms with Gasteiger partial charge in [0.15, 0.2) is 18.1 Å². The van der Waals surface area contributed by atoms with Crippen molar-refractivity contribution in [1.29, 1.82) is 0 Å². The van der Waals surface area contributed by atoms with E-state index in [1.807, 2.05) is 6.07 Å². The molecule has 3 aromatic carbocycles. The normalized spacial score (nSPS) is 10.1. The quantitative estimate of drug-likeness (QED) is 0.384. The third-order valence-electron chi connectivity index (χ3n) is 3.89. The number of carbonyl (C=O) groups is 2. The van der Waals surface area contributed by atoms with Crippen molar-refractivity contribution in [2.75, 3.05) is 11.9 Å². The van der Waals surface area contributed by atoms with E-state index in [-0.39, 0.29) is 23.8 Å². The number of benzene rings is 3. The molecule has 0 atom stereocenters. The van der Waals surface area contributed by atoms with Crippen LogP contribution in [0.15, 0.2) is 78.9 Å². The molecule has 1 N–H and O–H groups in total. The number of hydrogen-bond donors (Lipinski definition) is 1. The van der Waals surface area contributed by atoms with Gasteiger partial charge in [-0.05, 0) is 30.3 Å². The Hall–Kier alpha value is -4.00. The first-order valence-electron chi connectivity index (χ1n) is 8.40. The van der Waals surface area contributed by atoms with Gasteiger partial charge >= 0.3 is 5.69 Å². The Morgan fingerprint density at radius 1 is 0.857 bits per heavy atom. The van der Waals surface area contributed by atoms with Gasteiger partial charge in [0.1, 0.15) is 0 Å². The molecule has 0 spiro atoms. The minimum absolute atomic E-state index is 0.0199. The number of nitrogens with zero attached hydrogens (tertiary/aromatic N) is 1. The highest BCUT2D eigenvalue weighted by molar-refractivity contribution is 6.09. The van der Waals surface area contributed by atoms with Gasteiger partial charge in [0.25, 0.3) is 5.91 Å². The number of hydrogen-bond acceptors (Lipinski definition) is 5. The molecule has 1 amide bonds. The molecule has 0 heterocycles. The van der Waals surface area contributed by atoms with Crippen molar-refractivity contribution in [1.82, 2.24) is 0 Å². The topological polar surface area (TPSA) is 98.5 Å². The molecule has 3 rings (SSSR count). The number of ether oxygens (including phenoxy) is 1. The molecule has 140 valence electrons. The summed E-state index contributed by atoms with van der Waals surface area (Å²) in [6.45, 7) is -0.379. The number of amides is 1. The lowest BCUT2D eigenvalue weighted by Crippen LogP contribution is -2.20. The van der Waals surface area contributed by atoms with Crippen LogP contribution in [-0.4, -0.2) is 23.2 Å². The highest BCUT2D eigenvalue weighted by atomic mass is 16.6. The monoisotopic (exact) mass is 376 g/mol. The Labute approximate surface area is 160 Å². The second kappa shape index (κ2) is 8.59. The van der Waals surface area contributed by atoms with Crippen molar-refractivity contribution in [3.63, 3.8) is 0 Å². The average molecular weight is 376 g/mol. The van der Waals surface area contributed by atoms with Crippen LogP contribution in [0.2, 0.25) is 0 Å². The maximum Gasteiger partial charge on any atom is 0.310 e. The molecule has 0 saturated carbocycles. The molecule has 0 aromatic heterocycles. The minimum atomic E-state index is -0.574. The Bertz CT molecular complexity index is 1000. The van der Waals surface area contributed by atoms with E-state index in [1.54, 1.807) is 54.6 Å². The standard InChI is InChI=1S/C21H16N2O5/c24-20(14-28-19-9-5-4-8-18(19)23(26)27)22-17-12-10-16(11-13-17)21(25)15-6-2-1-3-7-15/h1-13H,14H2,(H,22,24). The van der Waals surface area contributed by atoms with Gasteiger partial charge in [-0.1, -0.05) is 42.5 Å². The molecule has 3 aromatic rings. The third kappa shape index (κ3) is 4.59. The third-order valence-corrected chi connectivity index (χ3v) is 3.89. The van der Waals surface area contributed by atoms with Gasteiger partial charge in [-0.3, -0.25) is 19.7 Å². The van der Waals surface area contributed by atoms with E-state index in [0.717, 1.165) is 0 Å². The van der Waals surface area contributed by atoms with E-state index in [2.05, 4.69) is 5.32 Å². The second-order valence-corrected chi connectivity index (χ2v) is 5.83. The predicted octanol–water partition coefficient (Wildman–Crippen LogP) is 3.84. The van der Waals surface area contributed by atoms with Gasteiger partial charge in [0, 0.05) is 22.9 Å². The molecule has 0 aliphatic rings. The zero-order valence-corrected chi connectivity index (χ0v) is 14.7. The van der Waals surface area contributed by atoms with Gasteiger partial charge in [-0.2, -0.15) is 0 Å². The summed E-state index contributed by atoms with van der Waals surface area (Å²) in [4.78, 5) is 34.8. The summed E-state index contributed by atoms with van der Waals surface area (Å²) in [6.07, 6.45) is 0. The fourth-order valence-electron chi connectivity index (χ4n) is 2.53. The van der Waals surface area contributed by atoms with Gasteiger partial charge < -0.3 is 10.1 Å². The largest absolute Gasteiger partial charge is 0.477 e. The van der Waals surface area contributed by atoms with E-state index in [9.17, 15) is 19.7 Å². The van der Waals surface area contributed by atoms with Crippen LogP contribution in [-0.2, 0) is 4.79 Å². The molecule has 7 heteroatoms. The summed E-state index contributed by atoms with van der Waals surface area (Å²) in [5.74, 6) is -0.565. The summed E-state index contributed by atoms with van der Waals surface area (Å²) in [5.41, 5.74) is 1.36. The Kier molecular flexibility index (Phi) is 5.76. The molecule has 0 bridgehead atoms. The summed E-state index contributed by atoms with van der Waals surface area (Å²) in [7, 11) is 0. The molecular weight excluding hydrogens is 360 g/mol. The van der Waals surface area contributed by atoms with Crippen molar-refractivity contribution < 1.29 is 19.2 Å². The number of para-hydroxylation sites is 2. The molecule has 0 aliphatic heterocycles.